The Morgan fingerprint density at radius 2 is 1.76 bits per heavy atom. The first-order valence-corrected chi connectivity index (χ1v) is 6.58. The third kappa shape index (κ3) is 2.36. The molecule has 1 aromatic carbocycles. The summed E-state index contributed by atoms with van der Waals surface area (Å²) in [5, 5.41) is 1.14. The second-order valence-corrected chi connectivity index (χ2v) is 4.67. The van der Waals surface area contributed by atoms with Gasteiger partial charge >= 0.3 is 0 Å². The van der Waals surface area contributed by atoms with Crippen LogP contribution < -0.4 is 9.47 Å². The van der Waals surface area contributed by atoms with E-state index in [4.69, 9.17) is 9.47 Å². The van der Waals surface area contributed by atoms with Crippen LogP contribution in [0, 0.1) is 0 Å². The molecule has 0 fully saturated rings. The molecule has 4 heteroatoms. The smallest absolute Gasteiger partial charge is 0.216 e. The molecule has 106 valence electrons. The van der Waals surface area contributed by atoms with Crippen LogP contribution in [-0.4, -0.2) is 24.2 Å². The average Bonchev–Trinajstić information content (AvgIpc) is 2.97. The van der Waals surface area contributed by atoms with Gasteiger partial charge in [0.2, 0.25) is 11.8 Å². The first-order valence-electron chi connectivity index (χ1n) is 6.58. The number of pyridine rings is 1. The Morgan fingerprint density at radius 3 is 2.43 bits per heavy atom. The topological polar surface area (TPSA) is 47.1 Å². The molecule has 0 amide bonds. The average molecular weight is 280 g/mol. The fourth-order valence-electron chi connectivity index (χ4n) is 2.34. The molecule has 0 saturated carbocycles. The number of hydrogen-bond acceptors (Lipinski definition) is 3. The van der Waals surface area contributed by atoms with Crippen molar-refractivity contribution in [1.82, 2.24) is 9.97 Å². The van der Waals surface area contributed by atoms with Crippen LogP contribution in [0.1, 0.15) is 11.1 Å². The molecule has 0 bridgehead atoms. The summed E-state index contributed by atoms with van der Waals surface area (Å²) < 4.78 is 10.4. The van der Waals surface area contributed by atoms with Gasteiger partial charge in [0.25, 0.3) is 0 Å². The van der Waals surface area contributed by atoms with Crippen LogP contribution in [0.4, 0.5) is 0 Å². The van der Waals surface area contributed by atoms with E-state index in [1.165, 1.54) is 0 Å². The summed E-state index contributed by atoms with van der Waals surface area (Å²) in [5.41, 5.74) is 3.96. The number of aromatic nitrogens is 2. The van der Waals surface area contributed by atoms with Crippen LogP contribution >= 0.6 is 0 Å². The van der Waals surface area contributed by atoms with E-state index in [0.29, 0.717) is 11.8 Å². The van der Waals surface area contributed by atoms with E-state index in [1.54, 1.807) is 14.2 Å². The molecule has 0 spiro atoms. The molecule has 21 heavy (non-hydrogen) atoms. The lowest BCUT2D eigenvalue weighted by Gasteiger charge is -2.09. The summed E-state index contributed by atoms with van der Waals surface area (Å²) >= 11 is 0. The molecular weight excluding hydrogens is 264 g/mol. The fourth-order valence-corrected chi connectivity index (χ4v) is 2.34. The molecule has 3 aromatic rings. The van der Waals surface area contributed by atoms with E-state index < -0.39 is 0 Å². The van der Waals surface area contributed by atoms with E-state index in [9.17, 15) is 0 Å². The first kappa shape index (κ1) is 13.2. The summed E-state index contributed by atoms with van der Waals surface area (Å²) in [7, 11) is 3.17. The van der Waals surface area contributed by atoms with Crippen LogP contribution in [0.5, 0.6) is 11.8 Å². The van der Waals surface area contributed by atoms with Gasteiger partial charge in [-0.25, -0.2) is 0 Å². The monoisotopic (exact) mass is 280 g/mol. The van der Waals surface area contributed by atoms with Crippen molar-refractivity contribution in [2.24, 2.45) is 0 Å². The molecule has 3 rings (SSSR count). The number of nitrogens with zero attached hydrogens (tertiary/aromatic N) is 1. The number of methoxy groups -OCH3 is 2. The minimum Gasteiger partial charge on any atom is -0.481 e. The standard InChI is InChI=1S/C17H16N2O2/c1-11(12-8-16(20-2)19-17(9-12)21-3)14-10-18-15-7-5-4-6-13(14)15/h4-10,18H,1H2,2-3H3. The van der Waals surface area contributed by atoms with Gasteiger partial charge in [0, 0.05) is 34.8 Å². The van der Waals surface area contributed by atoms with Crippen molar-refractivity contribution < 1.29 is 9.47 Å². The Bertz CT molecular complexity index is 783. The van der Waals surface area contributed by atoms with Crippen molar-refractivity contribution in [2.45, 2.75) is 0 Å². The zero-order chi connectivity index (χ0) is 14.8. The molecule has 0 saturated heterocycles. The molecule has 0 aliphatic rings. The quantitative estimate of drug-likeness (QED) is 0.793. The van der Waals surface area contributed by atoms with Crippen molar-refractivity contribution in [3.63, 3.8) is 0 Å². The number of ether oxygens (including phenoxy) is 2. The molecule has 0 radical (unpaired) electrons. The van der Waals surface area contributed by atoms with Gasteiger partial charge in [-0.15, -0.1) is 0 Å². The number of nitrogens with one attached hydrogen (secondary N) is 1. The Labute approximate surface area is 123 Å². The number of aromatic amines is 1. The largest absolute Gasteiger partial charge is 0.481 e. The van der Waals surface area contributed by atoms with E-state index in [0.717, 1.165) is 27.6 Å². The van der Waals surface area contributed by atoms with E-state index >= 15 is 0 Å². The zero-order valence-electron chi connectivity index (χ0n) is 12.0. The maximum absolute atomic E-state index is 5.21. The highest BCUT2D eigenvalue weighted by Crippen LogP contribution is 2.31. The van der Waals surface area contributed by atoms with Crippen LogP contribution in [0.25, 0.3) is 16.5 Å². The summed E-state index contributed by atoms with van der Waals surface area (Å²) in [6.07, 6.45) is 1.96. The van der Waals surface area contributed by atoms with Gasteiger partial charge in [-0.05, 0) is 17.2 Å². The molecule has 2 heterocycles. The second-order valence-electron chi connectivity index (χ2n) is 4.67. The van der Waals surface area contributed by atoms with Crippen LogP contribution in [0.3, 0.4) is 0 Å². The molecule has 0 atom stereocenters. The van der Waals surface area contributed by atoms with Crippen molar-refractivity contribution >= 4 is 16.5 Å². The molecule has 0 aliphatic heterocycles. The van der Waals surface area contributed by atoms with Crippen molar-refractivity contribution in [1.29, 1.82) is 0 Å². The highest BCUT2D eigenvalue weighted by Gasteiger charge is 2.11. The predicted molar refractivity (Wildman–Crippen MR) is 83.8 cm³/mol. The van der Waals surface area contributed by atoms with Gasteiger partial charge in [0.15, 0.2) is 0 Å². The predicted octanol–water partition coefficient (Wildman–Crippen LogP) is 3.64. The van der Waals surface area contributed by atoms with Gasteiger partial charge in [0.1, 0.15) is 0 Å². The summed E-state index contributed by atoms with van der Waals surface area (Å²) in [4.78, 5) is 7.46. The Hall–Kier alpha value is -2.75. The maximum atomic E-state index is 5.21. The van der Waals surface area contributed by atoms with E-state index in [1.807, 2.05) is 36.5 Å². The SMILES string of the molecule is C=C(c1cc(OC)nc(OC)c1)c1c[nH]c2ccccc12. The van der Waals surface area contributed by atoms with Crippen LogP contribution in [0.2, 0.25) is 0 Å². The van der Waals surface area contributed by atoms with Gasteiger partial charge < -0.3 is 14.5 Å². The molecule has 4 nitrogen and oxygen atoms in total. The molecule has 0 unspecified atom stereocenters. The highest BCUT2D eigenvalue weighted by molar-refractivity contribution is 5.96. The normalized spacial score (nSPS) is 10.6. The lowest BCUT2D eigenvalue weighted by molar-refractivity contribution is 0.364. The summed E-state index contributed by atoms with van der Waals surface area (Å²) in [5.74, 6) is 1.01. The van der Waals surface area contributed by atoms with Crippen molar-refractivity contribution in [3.05, 3.63) is 60.3 Å². The minimum atomic E-state index is 0.505. The molecule has 2 aromatic heterocycles. The van der Waals surface area contributed by atoms with Crippen molar-refractivity contribution in [2.75, 3.05) is 14.2 Å². The zero-order valence-corrected chi connectivity index (χ0v) is 12.0. The molecule has 0 aliphatic carbocycles. The Morgan fingerprint density at radius 1 is 1.10 bits per heavy atom. The van der Waals surface area contributed by atoms with E-state index in [-0.39, 0.29) is 0 Å². The summed E-state index contributed by atoms with van der Waals surface area (Å²) in [6, 6.07) is 11.8. The third-order valence-electron chi connectivity index (χ3n) is 3.46. The van der Waals surface area contributed by atoms with Crippen LogP contribution in [-0.2, 0) is 0 Å². The lowest BCUT2D eigenvalue weighted by atomic mass is 10.00. The number of rotatable bonds is 4. The molecule has 1 N–H and O–H groups in total. The number of H-pyrrole nitrogens is 1. The third-order valence-corrected chi connectivity index (χ3v) is 3.46. The van der Waals surface area contributed by atoms with Gasteiger partial charge in [0.05, 0.1) is 14.2 Å². The molecular formula is C17H16N2O2. The summed E-state index contributed by atoms with van der Waals surface area (Å²) in [6.45, 7) is 4.21. The lowest BCUT2D eigenvalue weighted by Crippen LogP contribution is -1.95. The van der Waals surface area contributed by atoms with Gasteiger partial charge in [-0.3, -0.25) is 0 Å². The second kappa shape index (κ2) is 5.32. The van der Waals surface area contributed by atoms with Gasteiger partial charge in [-0.2, -0.15) is 4.98 Å². The number of fused-ring (bicyclic) bond motifs is 1. The van der Waals surface area contributed by atoms with Crippen LogP contribution in [0.15, 0.2) is 49.2 Å². The number of para-hydroxylation sites is 1. The highest BCUT2D eigenvalue weighted by atomic mass is 16.5. The van der Waals surface area contributed by atoms with Crippen molar-refractivity contribution in [3.8, 4) is 11.8 Å². The Balaban J connectivity index is 2.09. The fraction of sp³-hybridized carbons (Fsp3) is 0.118. The maximum Gasteiger partial charge on any atom is 0.216 e. The minimum absolute atomic E-state index is 0.505. The number of hydrogen-bond donors (Lipinski definition) is 1. The number of benzene rings is 1. The van der Waals surface area contributed by atoms with Gasteiger partial charge in [-0.1, -0.05) is 24.8 Å². The Kier molecular flexibility index (Phi) is 3.36. The first-order chi connectivity index (χ1) is 10.2. The van der Waals surface area contributed by atoms with E-state index in [2.05, 4.69) is 22.6 Å².